The number of carbonyl (C=O) groups is 2. The van der Waals surface area contributed by atoms with Gasteiger partial charge in [0, 0.05) is 4.47 Å². The third-order valence-corrected chi connectivity index (χ3v) is 3.67. The summed E-state index contributed by atoms with van der Waals surface area (Å²) in [6.45, 7) is 5.05. The van der Waals surface area contributed by atoms with Crippen molar-refractivity contribution < 1.29 is 9.59 Å². The number of rotatable bonds is 2. The van der Waals surface area contributed by atoms with E-state index in [1.165, 1.54) is 6.92 Å². The first-order valence-electron chi connectivity index (χ1n) is 5.81. The molecule has 0 saturated carbocycles. The van der Waals surface area contributed by atoms with Gasteiger partial charge in [-0.05, 0) is 39.0 Å². The molecule has 1 aliphatic rings. The molecule has 1 N–H and O–H groups in total. The van der Waals surface area contributed by atoms with E-state index in [-0.39, 0.29) is 17.7 Å². The standard InChI is InChI=1S/C13H15BrN2O2/c1-7-13(18)16(8(2)9(3)17)12-5-4-10(14)6-11(12)15-7/h4-8,15H,1-3H3. The number of halogens is 1. The van der Waals surface area contributed by atoms with Crippen LogP contribution in [0.5, 0.6) is 0 Å². The Morgan fingerprint density at radius 1 is 1.50 bits per heavy atom. The number of anilines is 2. The van der Waals surface area contributed by atoms with Crippen LogP contribution in [0.2, 0.25) is 0 Å². The lowest BCUT2D eigenvalue weighted by Gasteiger charge is -2.36. The molecule has 2 unspecified atom stereocenters. The summed E-state index contributed by atoms with van der Waals surface area (Å²) < 4.78 is 0.936. The molecule has 2 atom stereocenters. The normalized spacial score (nSPS) is 20.1. The number of amides is 1. The second kappa shape index (κ2) is 4.72. The molecule has 4 nitrogen and oxygen atoms in total. The summed E-state index contributed by atoms with van der Waals surface area (Å²) in [5.74, 6) is -0.0983. The van der Waals surface area contributed by atoms with Crippen molar-refractivity contribution in [2.24, 2.45) is 0 Å². The van der Waals surface area contributed by atoms with Gasteiger partial charge >= 0.3 is 0 Å². The Hall–Kier alpha value is -1.36. The van der Waals surface area contributed by atoms with Crippen molar-refractivity contribution in [2.45, 2.75) is 32.9 Å². The van der Waals surface area contributed by atoms with Crippen molar-refractivity contribution in [1.82, 2.24) is 0 Å². The van der Waals surface area contributed by atoms with E-state index in [1.807, 2.05) is 18.2 Å². The Morgan fingerprint density at radius 2 is 2.17 bits per heavy atom. The number of nitrogens with zero attached hydrogens (tertiary/aromatic N) is 1. The first kappa shape index (κ1) is 13.1. The zero-order valence-corrected chi connectivity index (χ0v) is 12.1. The van der Waals surface area contributed by atoms with Crippen molar-refractivity contribution in [2.75, 3.05) is 10.2 Å². The molecular weight excluding hydrogens is 296 g/mol. The molecule has 1 amide bonds. The fourth-order valence-corrected chi connectivity index (χ4v) is 2.40. The number of ketones is 1. The molecule has 1 aromatic carbocycles. The SMILES string of the molecule is CC(=O)C(C)N1C(=O)C(C)Nc2cc(Br)ccc21. The van der Waals surface area contributed by atoms with Crippen LogP contribution in [0.1, 0.15) is 20.8 Å². The van der Waals surface area contributed by atoms with Crippen LogP contribution >= 0.6 is 15.9 Å². The highest BCUT2D eigenvalue weighted by atomic mass is 79.9. The molecule has 0 radical (unpaired) electrons. The van der Waals surface area contributed by atoms with Crippen molar-refractivity contribution in [3.63, 3.8) is 0 Å². The maximum Gasteiger partial charge on any atom is 0.249 e. The molecule has 0 bridgehead atoms. The highest BCUT2D eigenvalue weighted by molar-refractivity contribution is 9.10. The Morgan fingerprint density at radius 3 is 2.78 bits per heavy atom. The second-order valence-electron chi connectivity index (χ2n) is 4.52. The van der Waals surface area contributed by atoms with Crippen LogP contribution < -0.4 is 10.2 Å². The van der Waals surface area contributed by atoms with E-state index < -0.39 is 6.04 Å². The van der Waals surface area contributed by atoms with Gasteiger partial charge in [0.15, 0.2) is 5.78 Å². The maximum atomic E-state index is 12.2. The Kier molecular flexibility index (Phi) is 3.43. The van der Waals surface area contributed by atoms with Gasteiger partial charge in [-0.3, -0.25) is 14.5 Å². The van der Waals surface area contributed by atoms with Crippen LogP contribution in [-0.2, 0) is 9.59 Å². The Balaban J connectivity index is 2.52. The molecule has 1 aliphatic heterocycles. The number of Topliss-reactive ketones (excluding diaryl/α,β-unsaturated/α-hetero) is 1. The van der Waals surface area contributed by atoms with E-state index in [1.54, 1.807) is 18.7 Å². The number of hydrogen-bond acceptors (Lipinski definition) is 3. The lowest BCUT2D eigenvalue weighted by Crippen LogP contribution is -2.51. The summed E-state index contributed by atoms with van der Waals surface area (Å²) in [6, 6.07) is 4.85. The summed E-state index contributed by atoms with van der Waals surface area (Å²) in [7, 11) is 0. The van der Waals surface area contributed by atoms with Crippen molar-refractivity contribution in [1.29, 1.82) is 0 Å². The molecule has 18 heavy (non-hydrogen) atoms. The highest BCUT2D eigenvalue weighted by Crippen LogP contribution is 2.35. The van der Waals surface area contributed by atoms with Gasteiger partial charge in [-0.25, -0.2) is 0 Å². The van der Waals surface area contributed by atoms with Gasteiger partial charge in [0.2, 0.25) is 5.91 Å². The molecule has 1 heterocycles. The summed E-state index contributed by atoms with van der Waals surface area (Å²) in [5, 5.41) is 3.14. The number of carbonyl (C=O) groups excluding carboxylic acids is 2. The van der Waals surface area contributed by atoms with Crippen molar-refractivity contribution in [3.05, 3.63) is 22.7 Å². The van der Waals surface area contributed by atoms with Gasteiger partial charge in [-0.15, -0.1) is 0 Å². The number of hydrogen-bond donors (Lipinski definition) is 1. The van der Waals surface area contributed by atoms with Crippen LogP contribution in [0.15, 0.2) is 22.7 Å². The van der Waals surface area contributed by atoms with E-state index in [9.17, 15) is 9.59 Å². The summed E-state index contributed by atoms with van der Waals surface area (Å²) in [5.41, 5.74) is 1.62. The second-order valence-corrected chi connectivity index (χ2v) is 5.44. The van der Waals surface area contributed by atoms with E-state index in [0.717, 1.165) is 15.8 Å². The first-order valence-corrected chi connectivity index (χ1v) is 6.60. The monoisotopic (exact) mass is 310 g/mol. The van der Waals surface area contributed by atoms with Crippen molar-refractivity contribution >= 4 is 39.0 Å². The van der Waals surface area contributed by atoms with Gasteiger partial charge in [-0.1, -0.05) is 15.9 Å². The topological polar surface area (TPSA) is 49.4 Å². The number of fused-ring (bicyclic) bond motifs is 1. The number of nitrogens with one attached hydrogen (secondary N) is 1. The van der Waals surface area contributed by atoms with E-state index >= 15 is 0 Å². The summed E-state index contributed by atoms with van der Waals surface area (Å²) in [6.07, 6.45) is 0. The molecule has 0 saturated heterocycles. The van der Waals surface area contributed by atoms with E-state index in [4.69, 9.17) is 0 Å². The highest BCUT2D eigenvalue weighted by Gasteiger charge is 2.34. The van der Waals surface area contributed by atoms with Gasteiger partial charge < -0.3 is 5.32 Å². The number of benzene rings is 1. The summed E-state index contributed by atoms with van der Waals surface area (Å²) in [4.78, 5) is 25.3. The molecule has 0 aromatic heterocycles. The molecule has 0 fully saturated rings. The minimum Gasteiger partial charge on any atom is -0.372 e. The van der Waals surface area contributed by atoms with Crippen LogP contribution in [-0.4, -0.2) is 23.8 Å². The zero-order valence-electron chi connectivity index (χ0n) is 10.5. The van der Waals surface area contributed by atoms with Gasteiger partial charge in [0.25, 0.3) is 0 Å². The lowest BCUT2D eigenvalue weighted by atomic mass is 10.1. The molecule has 96 valence electrons. The molecule has 5 heteroatoms. The van der Waals surface area contributed by atoms with Crippen LogP contribution in [0.25, 0.3) is 0 Å². The molecule has 1 aromatic rings. The Labute approximate surface area is 114 Å². The quantitative estimate of drug-likeness (QED) is 0.913. The minimum absolute atomic E-state index is 0.0219. The maximum absolute atomic E-state index is 12.2. The fraction of sp³-hybridized carbons (Fsp3) is 0.385. The molecule has 0 spiro atoms. The smallest absolute Gasteiger partial charge is 0.249 e. The average Bonchev–Trinajstić information content (AvgIpc) is 2.30. The third-order valence-electron chi connectivity index (χ3n) is 3.17. The largest absolute Gasteiger partial charge is 0.372 e. The van der Waals surface area contributed by atoms with E-state index in [2.05, 4.69) is 21.2 Å². The molecule has 0 aliphatic carbocycles. The van der Waals surface area contributed by atoms with Crippen LogP contribution in [0, 0.1) is 0 Å². The van der Waals surface area contributed by atoms with Crippen molar-refractivity contribution in [3.8, 4) is 0 Å². The molecular formula is C13H15BrN2O2. The average molecular weight is 311 g/mol. The minimum atomic E-state index is -0.443. The predicted octanol–water partition coefficient (Wildman–Crippen LogP) is 2.57. The zero-order chi connectivity index (χ0) is 13.4. The third kappa shape index (κ3) is 2.14. The van der Waals surface area contributed by atoms with Gasteiger partial charge in [0.05, 0.1) is 17.4 Å². The first-order chi connectivity index (χ1) is 8.41. The Bertz CT molecular complexity index is 516. The van der Waals surface area contributed by atoms with Gasteiger partial charge in [0.1, 0.15) is 6.04 Å². The van der Waals surface area contributed by atoms with Crippen LogP contribution in [0.3, 0.4) is 0 Å². The lowest BCUT2D eigenvalue weighted by molar-refractivity contribution is -0.124. The molecule has 2 rings (SSSR count). The van der Waals surface area contributed by atoms with Gasteiger partial charge in [-0.2, -0.15) is 0 Å². The predicted molar refractivity (Wildman–Crippen MR) is 74.9 cm³/mol. The summed E-state index contributed by atoms with van der Waals surface area (Å²) >= 11 is 3.40. The van der Waals surface area contributed by atoms with E-state index in [0.29, 0.717) is 0 Å². The fourth-order valence-electron chi connectivity index (χ4n) is 2.04. The van der Waals surface area contributed by atoms with Crippen LogP contribution in [0.4, 0.5) is 11.4 Å².